The molecule has 3 aliphatic rings. The Morgan fingerprint density at radius 1 is 1.04 bits per heavy atom. The van der Waals surface area contributed by atoms with Crippen LogP contribution in [0.5, 0.6) is 0 Å². The Labute approximate surface area is 285 Å². The van der Waals surface area contributed by atoms with Crippen LogP contribution in [0, 0.1) is 12.7 Å². The summed E-state index contributed by atoms with van der Waals surface area (Å²) < 4.78 is 20.8. The molecule has 1 N–H and O–H groups in total. The Hall–Kier alpha value is -4.67. The maximum atomic E-state index is 14.2. The number of nitrogens with one attached hydrogen (secondary N) is 1. The summed E-state index contributed by atoms with van der Waals surface area (Å²) in [4.78, 5) is 27.1. The van der Waals surface area contributed by atoms with Crippen molar-refractivity contribution in [3.05, 3.63) is 111 Å². The van der Waals surface area contributed by atoms with E-state index in [-0.39, 0.29) is 23.8 Å². The van der Waals surface area contributed by atoms with E-state index >= 15 is 0 Å². The number of thiophene rings is 1. The first-order chi connectivity index (χ1) is 23.4. The maximum Gasteiger partial charge on any atom is 0.257 e. The summed E-state index contributed by atoms with van der Waals surface area (Å²) in [6, 6.07) is 16.9. The lowest BCUT2D eigenvalue weighted by Gasteiger charge is -2.16. The number of fused-ring (bicyclic) bond motifs is 5. The van der Waals surface area contributed by atoms with Crippen LogP contribution in [0.4, 0.5) is 10.2 Å². The minimum atomic E-state index is -0.270. The third-order valence-corrected chi connectivity index (χ3v) is 11.2. The van der Waals surface area contributed by atoms with E-state index < -0.39 is 0 Å². The molecule has 6 aromatic rings. The van der Waals surface area contributed by atoms with Crippen LogP contribution in [-0.2, 0) is 19.3 Å². The number of aromatic nitrogens is 4. The van der Waals surface area contributed by atoms with E-state index in [0.717, 1.165) is 74.0 Å². The number of carbonyl (C=O) groups excluding carboxylic acids is 1. The SMILES string of the molecule is Cc1nnc(-c2c(CCc3ccc(F)cc3)nc3c(c2-c2cc4ccnc(N[C@H]5CCc6cc(Cl)ccc65)c4s2)C(=O)N2CCC[C@@H]32)o1. The highest BCUT2D eigenvalue weighted by Crippen LogP contribution is 2.50. The molecule has 4 aromatic heterocycles. The van der Waals surface area contributed by atoms with Gasteiger partial charge in [0.1, 0.15) is 11.6 Å². The van der Waals surface area contributed by atoms with Gasteiger partial charge in [0, 0.05) is 35.1 Å². The van der Waals surface area contributed by atoms with Gasteiger partial charge >= 0.3 is 0 Å². The van der Waals surface area contributed by atoms with Gasteiger partial charge in [-0.2, -0.15) is 0 Å². The van der Waals surface area contributed by atoms with Crippen LogP contribution in [0.2, 0.25) is 5.02 Å². The summed E-state index contributed by atoms with van der Waals surface area (Å²) in [5.41, 5.74) is 7.18. The van der Waals surface area contributed by atoms with Gasteiger partial charge in [-0.1, -0.05) is 29.8 Å². The Morgan fingerprint density at radius 3 is 2.75 bits per heavy atom. The van der Waals surface area contributed by atoms with Crippen LogP contribution in [0.3, 0.4) is 0 Å². The lowest BCUT2D eigenvalue weighted by Crippen LogP contribution is -2.22. The zero-order chi connectivity index (χ0) is 32.5. The summed E-state index contributed by atoms with van der Waals surface area (Å²) >= 11 is 7.89. The maximum absolute atomic E-state index is 14.2. The molecule has 2 atom stereocenters. The van der Waals surface area contributed by atoms with Gasteiger partial charge in [-0.05, 0) is 97.0 Å². The predicted octanol–water partition coefficient (Wildman–Crippen LogP) is 8.68. The molecule has 240 valence electrons. The van der Waals surface area contributed by atoms with Crippen molar-refractivity contribution in [3.8, 4) is 21.9 Å². The summed E-state index contributed by atoms with van der Waals surface area (Å²) in [7, 11) is 0. The molecule has 9 rings (SSSR count). The molecule has 0 radical (unpaired) electrons. The van der Waals surface area contributed by atoms with Crippen molar-refractivity contribution >= 4 is 44.7 Å². The molecule has 8 nitrogen and oxygen atoms in total. The number of benzene rings is 2. The molecular weight excluding hydrogens is 647 g/mol. The zero-order valence-corrected chi connectivity index (χ0v) is 27.7. The molecule has 1 amide bonds. The average molecular weight is 677 g/mol. The van der Waals surface area contributed by atoms with Gasteiger partial charge in [0.15, 0.2) is 0 Å². The fourth-order valence-electron chi connectivity index (χ4n) is 7.61. The lowest BCUT2D eigenvalue weighted by molar-refractivity contribution is 0.0776. The van der Waals surface area contributed by atoms with Crippen molar-refractivity contribution in [2.75, 3.05) is 11.9 Å². The van der Waals surface area contributed by atoms with E-state index in [2.05, 4.69) is 33.7 Å². The third-order valence-electron chi connectivity index (χ3n) is 9.82. The van der Waals surface area contributed by atoms with Gasteiger partial charge in [0.25, 0.3) is 5.91 Å². The van der Waals surface area contributed by atoms with Crippen LogP contribution in [0.15, 0.2) is 65.2 Å². The van der Waals surface area contributed by atoms with Crippen LogP contribution < -0.4 is 5.32 Å². The van der Waals surface area contributed by atoms with E-state index in [1.807, 2.05) is 23.2 Å². The average Bonchev–Trinajstić information content (AvgIpc) is 3.92. The van der Waals surface area contributed by atoms with Gasteiger partial charge < -0.3 is 14.6 Å². The Bertz CT molecular complexity index is 2250. The Morgan fingerprint density at radius 2 is 1.92 bits per heavy atom. The Kier molecular flexibility index (Phi) is 7.05. The van der Waals surface area contributed by atoms with Crippen molar-refractivity contribution in [2.45, 2.75) is 57.5 Å². The second-order valence-corrected chi connectivity index (χ2v) is 14.2. The van der Waals surface area contributed by atoms with Crippen molar-refractivity contribution in [3.63, 3.8) is 0 Å². The molecule has 2 aromatic carbocycles. The third kappa shape index (κ3) is 4.88. The molecule has 6 heterocycles. The molecule has 11 heteroatoms. The molecule has 0 unspecified atom stereocenters. The van der Waals surface area contributed by atoms with E-state index in [1.165, 1.54) is 23.3 Å². The number of hydrogen-bond acceptors (Lipinski definition) is 8. The van der Waals surface area contributed by atoms with Gasteiger partial charge in [-0.15, -0.1) is 21.5 Å². The smallest absolute Gasteiger partial charge is 0.257 e. The summed E-state index contributed by atoms with van der Waals surface area (Å²) in [6.45, 7) is 2.46. The van der Waals surface area contributed by atoms with Crippen molar-refractivity contribution in [1.29, 1.82) is 0 Å². The summed E-state index contributed by atoms with van der Waals surface area (Å²) in [5.74, 6) is 1.29. The van der Waals surface area contributed by atoms with Gasteiger partial charge in [0.05, 0.1) is 39.3 Å². The number of hydrogen-bond donors (Lipinski definition) is 1. The zero-order valence-electron chi connectivity index (χ0n) is 26.1. The first kappa shape index (κ1) is 29.5. The van der Waals surface area contributed by atoms with Crippen LogP contribution in [-0.4, -0.2) is 37.5 Å². The van der Waals surface area contributed by atoms with Gasteiger partial charge in [-0.3, -0.25) is 9.78 Å². The number of nitrogens with zero attached hydrogens (tertiary/aromatic N) is 5. The second-order valence-electron chi connectivity index (χ2n) is 12.7. The summed E-state index contributed by atoms with van der Waals surface area (Å²) in [6.07, 6.45) is 6.74. The highest BCUT2D eigenvalue weighted by atomic mass is 35.5. The molecule has 0 spiro atoms. The number of halogens is 2. The van der Waals surface area contributed by atoms with E-state index in [0.29, 0.717) is 42.3 Å². The fourth-order valence-corrected chi connectivity index (χ4v) is 8.97. The van der Waals surface area contributed by atoms with Crippen molar-refractivity contribution in [2.24, 2.45) is 0 Å². The van der Waals surface area contributed by atoms with Gasteiger partial charge in [0.2, 0.25) is 11.8 Å². The molecule has 2 aliphatic heterocycles. The van der Waals surface area contributed by atoms with Crippen LogP contribution in [0.1, 0.15) is 75.7 Å². The normalized spacial score (nSPS) is 18.1. The number of carbonyl (C=O) groups is 1. The number of pyridine rings is 2. The molecule has 1 fully saturated rings. The monoisotopic (exact) mass is 676 g/mol. The number of amides is 1. The molecule has 48 heavy (non-hydrogen) atoms. The topological polar surface area (TPSA) is 97.0 Å². The van der Waals surface area contributed by atoms with Crippen LogP contribution in [0.25, 0.3) is 32.0 Å². The van der Waals surface area contributed by atoms with E-state index in [9.17, 15) is 9.18 Å². The lowest BCUT2D eigenvalue weighted by atomic mass is 9.93. The number of rotatable bonds is 7. The van der Waals surface area contributed by atoms with Crippen molar-refractivity contribution < 1.29 is 13.6 Å². The van der Waals surface area contributed by atoms with E-state index in [1.54, 1.807) is 30.4 Å². The number of anilines is 1. The largest absolute Gasteiger partial charge is 0.421 e. The molecular formula is C37H30ClFN6O2S. The quantitative estimate of drug-likeness (QED) is 0.181. The highest BCUT2D eigenvalue weighted by Gasteiger charge is 2.45. The standard InChI is InChI=1S/C37H30ClFN6O2S/c1-19-43-44-36(47-19)30-27(12-6-20-4-9-24(39)10-5-20)41-33-28-3-2-16-45(28)37(46)32(33)31(30)29-18-22-14-15-40-35(34(22)48-29)42-26-13-7-21-17-23(38)8-11-25(21)26/h4-5,8-11,14-15,17-18,26,28H,2-3,6-7,12-13,16H2,1H3,(H,40,42)/t26-,28-/m0/s1. The predicted molar refractivity (Wildman–Crippen MR) is 184 cm³/mol. The van der Waals surface area contributed by atoms with Crippen LogP contribution >= 0.6 is 22.9 Å². The molecule has 1 saturated heterocycles. The Balaban J connectivity index is 1.21. The fraction of sp³-hybridized carbons (Fsp3) is 0.270. The highest BCUT2D eigenvalue weighted by molar-refractivity contribution is 7.23. The van der Waals surface area contributed by atoms with Gasteiger partial charge in [-0.25, -0.2) is 9.37 Å². The second kappa shape index (κ2) is 11.5. The van der Waals surface area contributed by atoms with E-state index in [4.69, 9.17) is 26.0 Å². The summed E-state index contributed by atoms with van der Waals surface area (Å²) in [5, 5.41) is 14.1. The minimum absolute atomic E-state index is 0.00674. The molecule has 0 saturated carbocycles. The molecule has 0 bridgehead atoms. The first-order valence-corrected chi connectivity index (χ1v) is 17.5. The van der Waals surface area contributed by atoms with Crippen molar-refractivity contribution in [1.82, 2.24) is 25.1 Å². The first-order valence-electron chi connectivity index (χ1n) is 16.3. The molecule has 1 aliphatic carbocycles. The minimum Gasteiger partial charge on any atom is -0.421 e. The number of aryl methyl sites for hydroxylation is 4.